The number of ether oxygens (including phenoxy) is 2. The smallest absolute Gasteiger partial charge is 0.336 e. The standard InChI is InChI=1S/C8H12O4/c1-4-7(8(10)11-3)5-12-6(2)9/h4H,5H2,1-3H3. The molecule has 0 saturated heterocycles. The fraction of sp³-hybridized carbons (Fsp3) is 0.500. The summed E-state index contributed by atoms with van der Waals surface area (Å²) < 4.78 is 9.05. The summed E-state index contributed by atoms with van der Waals surface area (Å²) in [6, 6.07) is 0. The van der Waals surface area contributed by atoms with Crippen molar-refractivity contribution in [2.45, 2.75) is 13.8 Å². The van der Waals surface area contributed by atoms with Crippen molar-refractivity contribution in [2.75, 3.05) is 13.7 Å². The van der Waals surface area contributed by atoms with Gasteiger partial charge in [-0.2, -0.15) is 0 Å². The van der Waals surface area contributed by atoms with Crippen molar-refractivity contribution in [3.05, 3.63) is 11.6 Å². The van der Waals surface area contributed by atoms with Crippen LogP contribution in [-0.2, 0) is 19.1 Å². The van der Waals surface area contributed by atoms with E-state index in [0.29, 0.717) is 5.57 Å². The predicted molar refractivity (Wildman–Crippen MR) is 42.4 cm³/mol. The number of hydrogen-bond donors (Lipinski definition) is 0. The van der Waals surface area contributed by atoms with E-state index < -0.39 is 11.9 Å². The summed E-state index contributed by atoms with van der Waals surface area (Å²) in [5.74, 6) is -0.892. The van der Waals surface area contributed by atoms with E-state index >= 15 is 0 Å². The van der Waals surface area contributed by atoms with Gasteiger partial charge in [-0.1, -0.05) is 6.08 Å². The van der Waals surface area contributed by atoms with Crippen LogP contribution in [0.3, 0.4) is 0 Å². The van der Waals surface area contributed by atoms with Gasteiger partial charge in [0.15, 0.2) is 0 Å². The molecule has 0 bridgehead atoms. The van der Waals surface area contributed by atoms with Crippen molar-refractivity contribution in [3.63, 3.8) is 0 Å². The van der Waals surface area contributed by atoms with Crippen LogP contribution in [0.5, 0.6) is 0 Å². The van der Waals surface area contributed by atoms with E-state index in [1.54, 1.807) is 13.0 Å². The highest BCUT2D eigenvalue weighted by Gasteiger charge is 2.09. The van der Waals surface area contributed by atoms with Gasteiger partial charge in [0.05, 0.1) is 12.7 Å². The molecule has 0 radical (unpaired) electrons. The molecule has 0 N–H and O–H groups in total. The molecule has 0 aliphatic carbocycles. The fourth-order valence-corrected chi connectivity index (χ4v) is 0.571. The number of carbonyl (C=O) groups excluding carboxylic acids is 2. The molecule has 0 amide bonds. The first-order valence-corrected chi connectivity index (χ1v) is 3.48. The van der Waals surface area contributed by atoms with Gasteiger partial charge in [0.25, 0.3) is 0 Å². The van der Waals surface area contributed by atoms with E-state index in [9.17, 15) is 9.59 Å². The van der Waals surface area contributed by atoms with E-state index in [-0.39, 0.29) is 6.61 Å². The molecule has 0 saturated carbocycles. The molecule has 4 heteroatoms. The molecule has 68 valence electrons. The highest BCUT2D eigenvalue weighted by molar-refractivity contribution is 5.88. The van der Waals surface area contributed by atoms with Gasteiger partial charge in [-0.25, -0.2) is 4.79 Å². The van der Waals surface area contributed by atoms with Crippen LogP contribution in [0.15, 0.2) is 11.6 Å². The Bertz CT molecular complexity index is 205. The molecule has 0 aromatic rings. The molecular weight excluding hydrogens is 160 g/mol. The number of allylic oxidation sites excluding steroid dienone is 1. The SMILES string of the molecule is CC=C(COC(C)=O)C(=O)OC. The molecule has 0 aromatic carbocycles. The maximum atomic E-state index is 10.9. The molecule has 0 aliphatic heterocycles. The first-order chi connectivity index (χ1) is 5.61. The van der Waals surface area contributed by atoms with Gasteiger partial charge in [-0.3, -0.25) is 4.79 Å². The number of methoxy groups -OCH3 is 1. The zero-order chi connectivity index (χ0) is 9.56. The van der Waals surface area contributed by atoms with Crippen LogP contribution in [0.1, 0.15) is 13.8 Å². The van der Waals surface area contributed by atoms with Gasteiger partial charge in [-0.05, 0) is 6.92 Å². The molecule has 12 heavy (non-hydrogen) atoms. The van der Waals surface area contributed by atoms with Crippen molar-refractivity contribution in [2.24, 2.45) is 0 Å². The van der Waals surface area contributed by atoms with E-state index in [2.05, 4.69) is 9.47 Å². The normalized spacial score (nSPS) is 10.8. The average Bonchev–Trinajstić information content (AvgIpc) is 2.04. The summed E-state index contributed by atoms with van der Waals surface area (Å²) in [5.41, 5.74) is 0.340. The highest BCUT2D eigenvalue weighted by Crippen LogP contribution is 1.98. The van der Waals surface area contributed by atoms with E-state index in [1.165, 1.54) is 14.0 Å². The van der Waals surface area contributed by atoms with Crippen LogP contribution in [0.25, 0.3) is 0 Å². The topological polar surface area (TPSA) is 52.6 Å². The summed E-state index contributed by atoms with van der Waals surface area (Å²) in [6.45, 7) is 2.93. The lowest BCUT2D eigenvalue weighted by molar-refractivity contribution is -0.142. The van der Waals surface area contributed by atoms with Crippen molar-refractivity contribution in [3.8, 4) is 0 Å². The third-order valence-electron chi connectivity index (χ3n) is 1.23. The minimum atomic E-state index is -0.473. The Balaban J connectivity index is 4.02. The van der Waals surface area contributed by atoms with Crippen LogP contribution < -0.4 is 0 Å². The van der Waals surface area contributed by atoms with Gasteiger partial charge < -0.3 is 9.47 Å². The van der Waals surface area contributed by atoms with Crippen molar-refractivity contribution < 1.29 is 19.1 Å². The van der Waals surface area contributed by atoms with Gasteiger partial charge in [0.1, 0.15) is 6.61 Å². The quantitative estimate of drug-likeness (QED) is 0.463. The van der Waals surface area contributed by atoms with Gasteiger partial charge in [0, 0.05) is 6.92 Å². The molecule has 4 nitrogen and oxygen atoms in total. The summed E-state index contributed by atoms with van der Waals surface area (Å²) in [4.78, 5) is 21.2. The van der Waals surface area contributed by atoms with Crippen molar-refractivity contribution in [1.82, 2.24) is 0 Å². The molecule has 0 aliphatic rings. The van der Waals surface area contributed by atoms with Crippen LogP contribution in [-0.4, -0.2) is 25.7 Å². The van der Waals surface area contributed by atoms with Gasteiger partial charge in [0.2, 0.25) is 0 Å². The Morgan fingerprint density at radius 1 is 1.42 bits per heavy atom. The number of esters is 2. The lowest BCUT2D eigenvalue weighted by atomic mass is 10.3. The average molecular weight is 172 g/mol. The molecule has 0 unspecified atom stereocenters. The fourth-order valence-electron chi connectivity index (χ4n) is 0.571. The van der Waals surface area contributed by atoms with Crippen LogP contribution >= 0.6 is 0 Å². The molecule has 0 spiro atoms. The first kappa shape index (κ1) is 10.7. The number of hydrogen-bond acceptors (Lipinski definition) is 4. The monoisotopic (exact) mass is 172 g/mol. The summed E-state index contributed by atoms with van der Waals surface area (Å²) in [7, 11) is 1.28. The van der Waals surface area contributed by atoms with Gasteiger partial charge >= 0.3 is 11.9 Å². The molecule has 0 fully saturated rings. The van der Waals surface area contributed by atoms with Crippen LogP contribution in [0, 0.1) is 0 Å². The zero-order valence-electron chi connectivity index (χ0n) is 7.42. The van der Waals surface area contributed by atoms with Crippen molar-refractivity contribution in [1.29, 1.82) is 0 Å². The predicted octanol–water partition coefficient (Wildman–Crippen LogP) is 0.669. The molecule has 0 heterocycles. The van der Waals surface area contributed by atoms with Crippen LogP contribution in [0.2, 0.25) is 0 Å². The minimum absolute atomic E-state index is 0.0293. The maximum absolute atomic E-state index is 10.9. The lowest BCUT2D eigenvalue weighted by Crippen LogP contribution is -2.12. The second-order valence-electron chi connectivity index (χ2n) is 2.09. The number of rotatable bonds is 3. The largest absolute Gasteiger partial charge is 0.466 e. The Morgan fingerprint density at radius 3 is 2.33 bits per heavy atom. The van der Waals surface area contributed by atoms with E-state index in [1.807, 2.05) is 0 Å². The molecular formula is C8H12O4. The van der Waals surface area contributed by atoms with E-state index in [4.69, 9.17) is 0 Å². The molecule has 0 rings (SSSR count). The zero-order valence-corrected chi connectivity index (χ0v) is 7.42. The third kappa shape index (κ3) is 3.75. The maximum Gasteiger partial charge on any atom is 0.336 e. The Labute approximate surface area is 71.2 Å². The summed E-state index contributed by atoms with van der Waals surface area (Å²) in [6.07, 6.45) is 1.55. The Morgan fingerprint density at radius 2 is 2.00 bits per heavy atom. The Kier molecular flexibility index (Phi) is 4.76. The first-order valence-electron chi connectivity index (χ1n) is 3.48. The summed E-state index contributed by atoms with van der Waals surface area (Å²) >= 11 is 0. The van der Waals surface area contributed by atoms with Crippen LogP contribution in [0.4, 0.5) is 0 Å². The molecule has 0 aromatic heterocycles. The van der Waals surface area contributed by atoms with Crippen molar-refractivity contribution >= 4 is 11.9 Å². The lowest BCUT2D eigenvalue weighted by Gasteiger charge is -2.03. The third-order valence-corrected chi connectivity index (χ3v) is 1.23. The highest BCUT2D eigenvalue weighted by atomic mass is 16.5. The number of carbonyl (C=O) groups is 2. The Hall–Kier alpha value is -1.32. The minimum Gasteiger partial charge on any atom is -0.466 e. The van der Waals surface area contributed by atoms with E-state index in [0.717, 1.165) is 0 Å². The van der Waals surface area contributed by atoms with Gasteiger partial charge in [-0.15, -0.1) is 0 Å². The second kappa shape index (κ2) is 5.35. The molecule has 0 atom stereocenters. The summed E-state index contributed by atoms with van der Waals surface area (Å²) in [5, 5.41) is 0. The second-order valence-corrected chi connectivity index (χ2v) is 2.09.